The highest BCUT2D eigenvalue weighted by Gasteiger charge is 2.29. The van der Waals surface area contributed by atoms with Gasteiger partial charge in [0.1, 0.15) is 5.82 Å². The molecule has 1 aliphatic heterocycles. The van der Waals surface area contributed by atoms with Crippen LogP contribution in [0.3, 0.4) is 0 Å². The van der Waals surface area contributed by atoms with Crippen molar-refractivity contribution in [3.63, 3.8) is 0 Å². The van der Waals surface area contributed by atoms with E-state index in [1.54, 1.807) is 12.3 Å². The lowest BCUT2D eigenvalue weighted by Crippen LogP contribution is -2.15. The highest BCUT2D eigenvalue weighted by molar-refractivity contribution is 5.66. The predicted molar refractivity (Wildman–Crippen MR) is 61.3 cm³/mol. The van der Waals surface area contributed by atoms with E-state index in [1.807, 2.05) is 0 Å². The van der Waals surface area contributed by atoms with Gasteiger partial charge in [-0.2, -0.15) is 0 Å². The van der Waals surface area contributed by atoms with Crippen molar-refractivity contribution in [2.45, 2.75) is 12.8 Å². The molecule has 2 nitrogen and oxygen atoms in total. The first-order chi connectivity index (χ1) is 7.83. The summed E-state index contributed by atoms with van der Waals surface area (Å²) in [5.74, 6) is 1.17. The van der Waals surface area contributed by atoms with E-state index in [4.69, 9.17) is 0 Å². The van der Waals surface area contributed by atoms with Gasteiger partial charge < -0.3 is 5.32 Å². The molecule has 2 aliphatic rings. The Morgan fingerprint density at radius 1 is 1.31 bits per heavy atom. The van der Waals surface area contributed by atoms with Crippen LogP contribution in [0.15, 0.2) is 24.5 Å². The summed E-state index contributed by atoms with van der Waals surface area (Å²) < 4.78 is 13.1. The standard InChI is InChI=1S/C13H15FN2/c14-13-4-12(7-16-8-13)9-1-2-10-5-15-6-11(10)3-9/h3-4,7-8,10-11,15H,1-2,5-6H2/t10-,11+/m1/s1. The van der Waals surface area contributed by atoms with Gasteiger partial charge in [0.25, 0.3) is 0 Å². The monoisotopic (exact) mass is 218 g/mol. The minimum Gasteiger partial charge on any atom is -0.316 e. The molecule has 1 aromatic heterocycles. The topological polar surface area (TPSA) is 24.9 Å². The van der Waals surface area contributed by atoms with Gasteiger partial charge in [-0.3, -0.25) is 4.98 Å². The van der Waals surface area contributed by atoms with Crippen molar-refractivity contribution in [2.24, 2.45) is 11.8 Å². The van der Waals surface area contributed by atoms with E-state index in [9.17, 15) is 4.39 Å². The molecule has 2 heterocycles. The van der Waals surface area contributed by atoms with Crippen LogP contribution in [-0.4, -0.2) is 18.1 Å². The third kappa shape index (κ3) is 1.76. The third-order valence-electron chi connectivity index (χ3n) is 3.67. The molecule has 0 unspecified atom stereocenters. The van der Waals surface area contributed by atoms with Crippen LogP contribution in [0.1, 0.15) is 18.4 Å². The largest absolute Gasteiger partial charge is 0.316 e. The number of hydrogen-bond donors (Lipinski definition) is 1. The molecular weight excluding hydrogens is 203 g/mol. The Labute approximate surface area is 94.6 Å². The van der Waals surface area contributed by atoms with E-state index in [0.29, 0.717) is 5.92 Å². The maximum atomic E-state index is 13.1. The minimum absolute atomic E-state index is 0.245. The second-order valence-corrected chi connectivity index (χ2v) is 4.70. The summed E-state index contributed by atoms with van der Waals surface area (Å²) in [6, 6.07) is 1.58. The molecule has 0 bridgehead atoms. The van der Waals surface area contributed by atoms with Gasteiger partial charge in [-0.1, -0.05) is 6.08 Å². The highest BCUT2D eigenvalue weighted by atomic mass is 19.1. The molecule has 0 radical (unpaired) electrons. The number of allylic oxidation sites excluding steroid dienone is 1. The van der Waals surface area contributed by atoms with Crippen LogP contribution in [0.4, 0.5) is 4.39 Å². The van der Waals surface area contributed by atoms with Crippen LogP contribution >= 0.6 is 0 Å². The van der Waals surface area contributed by atoms with Crippen molar-refractivity contribution in [2.75, 3.05) is 13.1 Å². The number of halogens is 1. The van der Waals surface area contributed by atoms with Gasteiger partial charge in [-0.25, -0.2) is 4.39 Å². The molecule has 3 rings (SSSR count). The molecule has 0 spiro atoms. The molecular formula is C13H15FN2. The van der Waals surface area contributed by atoms with Crippen molar-refractivity contribution < 1.29 is 4.39 Å². The molecule has 84 valence electrons. The Bertz CT molecular complexity index is 428. The van der Waals surface area contributed by atoms with Gasteiger partial charge in [-0.15, -0.1) is 0 Å². The molecule has 0 saturated carbocycles. The first-order valence-corrected chi connectivity index (χ1v) is 5.85. The van der Waals surface area contributed by atoms with E-state index < -0.39 is 0 Å². The average Bonchev–Trinajstić information content (AvgIpc) is 2.75. The van der Waals surface area contributed by atoms with Crippen LogP contribution in [0, 0.1) is 17.7 Å². The van der Waals surface area contributed by atoms with Crippen LogP contribution in [0.25, 0.3) is 5.57 Å². The summed E-state index contributed by atoms with van der Waals surface area (Å²) in [4.78, 5) is 3.91. The lowest BCUT2D eigenvalue weighted by atomic mass is 9.81. The summed E-state index contributed by atoms with van der Waals surface area (Å²) in [5.41, 5.74) is 2.21. The van der Waals surface area contributed by atoms with Crippen molar-refractivity contribution >= 4 is 5.57 Å². The van der Waals surface area contributed by atoms with Gasteiger partial charge in [0.2, 0.25) is 0 Å². The quantitative estimate of drug-likeness (QED) is 0.782. The van der Waals surface area contributed by atoms with Crippen LogP contribution in [0.2, 0.25) is 0 Å². The molecule has 0 aromatic carbocycles. The fourth-order valence-corrected chi connectivity index (χ4v) is 2.78. The van der Waals surface area contributed by atoms with Gasteiger partial charge in [-0.05, 0) is 48.4 Å². The van der Waals surface area contributed by atoms with Crippen LogP contribution in [-0.2, 0) is 0 Å². The summed E-state index contributed by atoms with van der Waals surface area (Å²) in [5, 5.41) is 3.41. The Kier molecular flexibility index (Phi) is 2.48. The van der Waals surface area contributed by atoms with E-state index in [0.717, 1.165) is 31.0 Å². The van der Waals surface area contributed by atoms with Gasteiger partial charge in [0.15, 0.2) is 0 Å². The van der Waals surface area contributed by atoms with Crippen molar-refractivity contribution in [1.29, 1.82) is 0 Å². The molecule has 1 saturated heterocycles. The first kappa shape index (κ1) is 9.97. The van der Waals surface area contributed by atoms with Crippen molar-refractivity contribution in [1.82, 2.24) is 10.3 Å². The zero-order valence-electron chi connectivity index (χ0n) is 9.12. The summed E-state index contributed by atoms with van der Waals surface area (Å²) >= 11 is 0. The van der Waals surface area contributed by atoms with Gasteiger partial charge >= 0.3 is 0 Å². The lowest BCUT2D eigenvalue weighted by Gasteiger charge is -2.23. The van der Waals surface area contributed by atoms with Crippen LogP contribution in [0.5, 0.6) is 0 Å². The Hall–Kier alpha value is -1.22. The second-order valence-electron chi connectivity index (χ2n) is 4.70. The molecule has 1 aliphatic carbocycles. The maximum absolute atomic E-state index is 13.1. The summed E-state index contributed by atoms with van der Waals surface area (Å²) in [6.07, 6.45) is 7.59. The smallest absolute Gasteiger partial charge is 0.142 e. The summed E-state index contributed by atoms with van der Waals surface area (Å²) in [6.45, 7) is 2.20. The fraction of sp³-hybridized carbons (Fsp3) is 0.462. The fourth-order valence-electron chi connectivity index (χ4n) is 2.78. The highest BCUT2D eigenvalue weighted by Crippen LogP contribution is 2.35. The zero-order valence-corrected chi connectivity index (χ0v) is 9.12. The Morgan fingerprint density at radius 3 is 3.12 bits per heavy atom. The number of hydrogen-bond acceptors (Lipinski definition) is 2. The number of aromatic nitrogens is 1. The normalized spacial score (nSPS) is 28.7. The van der Waals surface area contributed by atoms with Crippen molar-refractivity contribution in [3.8, 4) is 0 Å². The number of fused-ring (bicyclic) bond motifs is 1. The van der Waals surface area contributed by atoms with E-state index in [1.165, 1.54) is 18.2 Å². The second kappa shape index (κ2) is 3.98. The third-order valence-corrected chi connectivity index (χ3v) is 3.67. The maximum Gasteiger partial charge on any atom is 0.142 e. The van der Waals surface area contributed by atoms with Crippen LogP contribution < -0.4 is 5.32 Å². The summed E-state index contributed by atoms with van der Waals surface area (Å²) in [7, 11) is 0. The first-order valence-electron chi connectivity index (χ1n) is 5.85. The number of pyridine rings is 1. The number of nitrogens with zero attached hydrogens (tertiary/aromatic N) is 1. The minimum atomic E-state index is -0.245. The molecule has 0 amide bonds. The van der Waals surface area contributed by atoms with Gasteiger partial charge in [0, 0.05) is 12.7 Å². The Balaban J connectivity index is 1.90. The molecule has 16 heavy (non-hydrogen) atoms. The van der Waals surface area contributed by atoms with E-state index in [2.05, 4.69) is 16.4 Å². The molecule has 1 N–H and O–H groups in total. The Morgan fingerprint density at radius 2 is 2.25 bits per heavy atom. The predicted octanol–water partition coefficient (Wildman–Crippen LogP) is 2.23. The molecule has 2 atom stereocenters. The number of nitrogens with one attached hydrogen (secondary N) is 1. The molecule has 1 fully saturated rings. The molecule has 3 heteroatoms. The average molecular weight is 218 g/mol. The van der Waals surface area contributed by atoms with E-state index in [-0.39, 0.29) is 5.82 Å². The molecule has 1 aromatic rings. The van der Waals surface area contributed by atoms with Crippen molar-refractivity contribution in [3.05, 3.63) is 35.9 Å². The van der Waals surface area contributed by atoms with E-state index >= 15 is 0 Å². The lowest BCUT2D eigenvalue weighted by molar-refractivity contribution is 0.448. The number of rotatable bonds is 1. The zero-order chi connectivity index (χ0) is 11.0. The van der Waals surface area contributed by atoms with Gasteiger partial charge in [0.05, 0.1) is 6.20 Å². The SMILES string of the molecule is Fc1cncc(C2=C[C@H]3CNC[C@H]3CC2)c1.